The average molecular weight is 437 g/mol. The van der Waals surface area contributed by atoms with Crippen molar-refractivity contribution in [2.24, 2.45) is 0 Å². The molecule has 0 aromatic heterocycles. The summed E-state index contributed by atoms with van der Waals surface area (Å²) in [5.41, 5.74) is 2.35. The van der Waals surface area contributed by atoms with Gasteiger partial charge in [0, 0.05) is 19.0 Å². The van der Waals surface area contributed by atoms with Gasteiger partial charge in [0.15, 0.2) is 0 Å². The van der Waals surface area contributed by atoms with Crippen LogP contribution in [0.5, 0.6) is 5.75 Å². The molecule has 3 rings (SSSR count). The fourth-order valence-electron chi connectivity index (χ4n) is 4.15. The van der Waals surface area contributed by atoms with Gasteiger partial charge < -0.3 is 15.0 Å². The minimum absolute atomic E-state index is 0.00232. The number of ether oxygens (including phenoxy) is 1. The van der Waals surface area contributed by atoms with Gasteiger partial charge in [0.1, 0.15) is 11.8 Å². The number of nitrogens with zero attached hydrogens (tertiary/aromatic N) is 1. The lowest BCUT2D eigenvalue weighted by atomic mass is 10.1. The highest BCUT2D eigenvalue weighted by Gasteiger charge is 2.27. The van der Waals surface area contributed by atoms with Crippen molar-refractivity contribution in [3.05, 3.63) is 65.7 Å². The molecule has 1 atom stereocenters. The van der Waals surface area contributed by atoms with E-state index in [9.17, 15) is 9.59 Å². The molecule has 0 aliphatic heterocycles. The van der Waals surface area contributed by atoms with E-state index in [1.54, 1.807) is 4.90 Å². The first kappa shape index (κ1) is 23.8. The standard InChI is InChI=1S/C27H36N2O3/c1-21-14-16-25(17-15-21)32-20-8-13-26(30)29(19-18-23-9-4-3-5-10-23)22(2)27(31)28-24-11-6-7-12-24/h3-5,9-10,14-17,22,24H,6-8,11-13,18-20H2,1-2H3,(H,28,31)/t22-/m1/s1. The molecule has 0 bridgehead atoms. The predicted molar refractivity (Wildman–Crippen MR) is 128 cm³/mol. The summed E-state index contributed by atoms with van der Waals surface area (Å²) >= 11 is 0. The molecule has 1 saturated carbocycles. The summed E-state index contributed by atoms with van der Waals surface area (Å²) in [5, 5.41) is 3.15. The highest BCUT2D eigenvalue weighted by atomic mass is 16.5. The molecule has 0 unspecified atom stereocenters. The highest BCUT2D eigenvalue weighted by molar-refractivity contribution is 5.87. The van der Waals surface area contributed by atoms with Crippen LogP contribution < -0.4 is 10.1 Å². The van der Waals surface area contributed by atoms with Crippen LogP contribution in [0.3, 0.4) is 0 Å². The van der Waals surface area contributed by atoms with Crippen molar-refractivity contribution in [3.8, 4) is 5.75 Å². The summed E-state index contributed by atoms with van der Waals surface area (Å²) in [4.78, 5) is 27.7. The topological polar surface area (TPSA) is 58.6 Å². The second-order valence-electron chi connectivity index (χ2n) is 8.75. The summed E-state index contributed by atoms with van der Waals surface area (Å²) in [7, 11) is 0. The molecule has 1 aliphatic rings. The Morgan fingerprint density at radius 1 is 1.06 bits per heavy atom. The molecule has 0 spiro atoms. The van der Waals surface area contributed by atoms with Gasteiger partial charge in [0.2, 0.25) is 11.8 Å². The van der Waals surface area contributed by atoms with E-state index in [2.05, 4.69) is 17.4 Å². The molecule has 2 aromatic rings. The molecule has 1 N–H and O–H groups in total. The molecular formula is C27H36N2O3. The zero-order chi connectivity index (χ0) is 22.8. The van der Waals surface area contributed by atoms with E-state index >= 15 is 0 Å². The van der Waals surface area contributed by atoms with Crippen LogP contribution in [0.2, 0.25) is 0 Å². The Hall–Kier alpha value is -2.82. The van der Waals surface area contributed by atoms with Gasteiger partial charge in [-0.1, -0.05) is 60.9 Å². The van der Waals surface area contributed by atoms with Crippen LogP contribution in [0, 0.1) is 6.92 Å². The van der Waals surface area contributed by atoms with Crippen LogP contribution in [0.1, 0.15) is 56.6 Å². The Bertz CT molecular complexity index is 845. The monoisotopic (exact) mass is 436 g/mol. The fraction of sp³-hybridized carbons (Fsp3) is 0.481. The Labute approximate surface area is 192 Å². The normalized spacial score (nSPS) is 14.7. The molecule has 1 fully saturated rings. The van der Waals surface area contributed by atoms with Crippen LogP contribution >= 0.6 is 0 Å². The number of hydrogen-bond acceptors (Lipinski definition) is 3. The minimum atomic E-state index is -0.482. The van der Waals surface area contributed by atoms with Crippen molar-refractivity contribution in [2.75, 3.05) is 13.2 Å². The van der Waals surface area contributed by atoms with Crippen LogP contribution in [0.4, 0.5) is 0 Å². The van der Waals surface area contributed by atoms with Gasteiger partial charge in [0.25, 0.3) is 0 Å². The van der Waals surface area contributed by atoms with E-state index in [0.717, 1.165) is 43.4 Å². The smallest absolute Gasteiger partial charge is 0.242 e. The zero-order valence-electron chi connectivity index (χ0n) is 19.4. The van der Waals surface area contributed by atoms with Gasteiger partial charge in [-0.05, 0) is 57.2 Å². The summed E-state index contributed by atoms with van der Waals surface area (Å²) < 4.78 is 5.77. The fourth-order valence-corrected chi connectivity index (χ4v) is 4.15. The van der Waals surface area contributed by atoms with E-state index in [0.29, 0.717) is 26.0 Å². The summed E-state index contributed by atoms with van der Waals surface area (Å²) in [5.74, 6) is 0.769. The second-order valence-corrected chi connectivity index (χ2v) is 8.75. The molecule has 172 valence electrons. The van der Waals surface area contributed by atoms with Gasteiger partial charge in [-0.15, -0.1) is 0 Å². The summed E-state index contributed by atoms with van der Waals surface area (Å²) in [6.45, 7) is 4.89. The molecule has 1 aliphatic carbocycles. The Kier molecular flexibility index (Phi) is 9.14. The Balaban J connectivity index is 1.54. The third-order valence-electron chi connectivity index (χ3n) is 6.18. The number of aryl methyl sites for hydroxylation is 1. The first-order valence-electron chi connectivity index (χ1n) is 11.9. The van der Waals surface area contributed by atoms with Gasteiger partial charge >= 0.3 is 0 Å². The van der Waals surface area contributed by atoms with Crippen molar-refractivity contribution >= 4 is 11.8 Å². The maximum Gasteiger partial charge on any atom is 0.242 e. The van der Waals surface area contributed by atoms with Crippen LogP contribution in [0.25, 0.3) is 0 Å². The van der Waals surface area contributed by atoms with Crippen molar-refractivity contribution in [3.63, 3.8) is 0 Å². The minimum Gasteiger partial charge on any atom is -0.494 e. The van der Waals surface area contributed by atoms with Crippen LogP contribution in [-0.4, -0.2) is 41.9 Å². The van der Waals surface area contributed by atoms with E-state index < -0.39 is 6.04 Å². The van der Waals surface area contributed by atoms with Crippen LogP contribution in [0.15, 0.2) is 54.6 Å². The van der Waals surface area contributed by atoms with E-state index in [1.165, 1.54) is 5.56 Å². The molecule has 5 nitrogen and oxygen atoms in total. The quantitative estimate of drug-likeness (QED) is 0.521. The first-order chi connectivity index (χ1) is 15.5. The molecule has 5 heteroatoms. The largest absolute Gasteiger partial charge is 0.494 e. The lowest BCUT2D eigenvalue weighted by Crippen LogP contribution is -2.50. The lowest BCUT2D eigenvalue weighted by Gasteiger charge is -2.30. The molecule has 0 heterocycles. The average Bonchev–Trinajstić information content (AvgIpc) is 3.31. The van der Waals surface area contributed by atoms with Gasteiger partial charge in [0.05, 0.1) is 6.61 Å². The molecule has 0 radical (unpaired) electrons. The molecule has 32 heavy (non-hydrogen) atoms. The number of benzene rings is 2. The van der Waals surface area contributed by atoms with Crippen LogP contribution in [-0.2, 0) is 16.0 Å². The molecular weight excluding hydrogens is 400 g/mol. The van der Waals surface area contributed by atoms with E-state index in [4.69, 9.17) is 4.74 Å². The molecule has 2 aromatic carbocycles. The van der Waals surface area contributed by atoms with E-state index in [-0.39, 0.29) is 17.9 Å². The van der Waals surface area contributed by atoms with Crippen molar-refractivity contribution in [1.82, 2.24) is 10.2 Å². The number of hydrogen-bond donors (Lipinski definition) is 1. The first-order valence-corrected chi connectivity index (χ1v) is 11.9. The van der Waals surface area contributed by atoms with Gasteiger partial charge in [-0.2, -0.15) is 0 Å². The Morgan fingerprint density at radius 3 is 2.44 bits per heavy atom. The number of carbonyl (C=O) groups is 2. The van der Waals surface area contributed by atoms with Crippen molar-refractivity contribution in [1.29, 1.82) is 0 Å². The summed E-state index contributed by atoms with van der Waals surface area (Å²) in [6, 6.07) is 17.8. The highest BCUT2D eigenvalue weighted by Crippen LogP contribution is 2.18. The molecule has 0 saturated heterocycles. The number of nitrogens with one attached hydrogen (secondary N) is 1. The number of carbonyl (C=O) groups excluding carboxylic acids is 2. The third kappa shape index (κ3) is 7.40. The third-order valence-corrected chi connectivity index (χ3v) is 6.18. The zero-order valence-corrected chi connectivity index (χ0v) is 19.4. The number of rotatable bonds is 11. The Morgan fingerprint density at radius 2 is 1.75 bits per heavy atom. The van der Waals surface area contributed by atoms with Crippen molar-refractivity contribution < 1.29 is 14.3 Å². The van der Waals surface area contributed by atoms with Gasteiger partial charge in [-0.3, -0.25) is 9.59 Å². The van der Waals surface area contributed by atoms with E-state index in [1.807, 2.05) is 56.3 Å². The second kappa shape index (κ2) is 12.3. The predicted octanol–water partition coefficient (Wildman–Crippen LogP) is 4.67. The summed E-state index contributed by atoms with van der Waals surface area (Å²) in [6.07, 6.45) is 6.11. The lowest BCUT2D eigenvalue weighted by molar-refractivity contribution is -0.140. The van der Waals surface area contributed by atoms with Crippen molar-refractivity contribution in [2.45, 2.75) is 70.9 Å². The molecule has 2 amide bonds. The maximum atomic E-state index is 13.1. The van der Waals surface area contributed by atoms with Gasteiger partial charge in [-0.25, -0.2) is 0 Å². The SMILES string of the molecule is Cc1ccc(OCCCC(=O)N(CCc2ccccc2)[C@H](C)C(=O)NC2CCCC2)cc1. The maximum absolute atomic E-state index is 13.1. The number of amides is 2.